The van der Waals surface area contributed by atoms with Gasteiger partial charge in [0, 0.05) is 25.7 Å². The highest BCUT2D eigenvalue weighted by Crippen LogP contribution is 2.32. The second-order valence-corrected chi connectivity index (χ2v) is 5.77. The van der Waals surface area contributed by atoms with E-state index >= 15 is 0 Å². The summed E-state index contributed by atoms with van der Waals surface area (Å²) < 4.78 is 10.8. The van der Waals surface area contributed by atoms with Gasteiger partial charge >= 0.3 is 0 Å². The van der Waals surface area contributed by atoms with Crippen LogP contribution in [0.2, 0.25) is 0 Å². The molecule has 118 valence electrons. The number of aryl methyl sites for hydroxylation is 1. The normalized spacial score (nSPS) is 15.1. The maximum absolute atomic E-state index is 9.10. The number of ether oxygens (including phenoxy) is 2. The molecule has 0 bridgehead atoms. The van der Waals surface area contributed by atoms with E-state index in [1.54, 1.807) is 14.2 Å². The average Bonchev–Trinajstić information content (AvgIpc) is 2.44. The molecule has 4 heteroatoms. The van der Waals surface area contributed by atoms with Crippen molar-refractivity contribution >= 4 is 0 Å². The Hall–Kier alpha value is -1.26. The lowest BCUT2D eigenvalue weighted by atomic mass is 9.90. The van der Waals surface area contributed by atoms with E-state index in [9.17, 15) is 0 Å². The molecule has 0 aromatic heterocycles. The highest BCUT2D eigenvalue weighted by molar-refractivity contribution is 5.47. The van der Waals surface area contributed by atoms with Gasteiger partial charge in [-0.05, 0) is 49.4 Å². The molecule has 0 atom stereocenters. The number of hydrogen-bond donors (Lipinski definition) is 1. The fourth-order valence-corrected chi connectivity index (χ4v) is 2.83. The van der Waals surface area contributed by atoms with Gasteiger partial charge < -0.3 is 14.6 Å². The molecule has 0 heterocycles. The lowest BCUT2D eigenvalue weighted by Crippen LogP contribution is -2.40. The Bertz CT molecular complexity index is 458. The third-order valence-electron chi connectivity index (χ3n) is 4.41. The Kier molecular flexibility index (Phi) is 5.88. The van der Waals surface area contributed by atoms with Crippen molar-refractivity contribution in [2.24, 2.45) is 0 Å². The van der Waals surface area contributed by atoms with Crippen molar-refractivity contribution in [2.75, 3.05) is 27.4 Å². The van der Waals surface area contributed by atoms with Gasteiger partial charge in [-0.2, -0.15) is 0 Å². The topological polar surface area (TPSA) is 41.9 Å². The van der Waals surface area contributed by atoms with E-state index in [0.717, 1.165) is 31.0 Å². The molecular formula is C17H27NO3. The van der Waals surface area contributed by atoms with Gasteiger partial charge in [-0.1, -0.05) is 6.42 Å². The number of benzene rings is 1. The second kappa shape index (κ2) is 7.66. The molecule has 1 aromatic rings. The Morgan fingerprint density at radius 2 is 1.86 bits per heavy atom. The Morgan fingerprint density at radius 3 is 2.38 bits per heavy atom. The number of rotatable bonds is 8. The van der Waals surface area contributed by atoms with E-state index in [1.807, 2.05) is 6.07 Å². The summed E-state index contributed by atoms with van der Waals surface area (Å²) in [5.74, 6) is 1.57. The van der Waals surface area contributed by atoms with Crippen LogP contribution < -0.4 is 9.47 Å². The first kappa shape index (κ1) is 16.1. The van der Waals surface area contributed by atoms with Crippen LogP contribution in [0.15, 0.2) is 12.1 Å². The smallest absolute Gasteiger partial charge is 0.161 e. The van der Waals surface area contributed by atoms with Crippen LogP contribution in [0.4, 0.5) is 0 Å². The van der Waals surface area contributed by atoms with Crippen molar-refractivity contribution in [3.63, 3.8) is 0 Å². The van der Waals surface area contributed by atoms with Gasteiger partial charge in [0.05, 0.1) is 14.2 Å². The molecule has 1 aromatic carbocycles. The summed E-state index contributed by atoms with van der Waals surface area (Å²) in [6.45, 7) is 4.24. The fraction of sp³-hybridized carbons (Fsp3) is 0.647. The molecule has 0 amide bonds. The molecule has 1 saturated carbocycles. The Labute approximate surface area is 127 Å². The van der Waals surface area contributed by atoms with E-state index in [2.05, 4.69) is 17.9 Å². The SMILES string of the molecule is COc1cc(C)c(CN(CCCO)C2CCC2)cc1OC. The standard InChI is InChI=1S/C17H27NO3/c1-13-10-16(20-2)17(21-3)11-14(13)12-18(8-5-9-19)15-6-4-7-15/h10-11,15,19H,4-9,12H2,1-3H3. The average molecular weight is 293 g/mol. The minimum atomic E-state index is 0.258. The highest BCUT2D eigenvalue weighted by Gasteiger charge is 2.25. The van der Waals surface area contributed by atoms with Gasteiger partial charge in [0.15, 0.2) is 11.5 Å². The number of nitrogens with zero attached hydrogens (tertiary/aromatic N) is 1. The lowest BCUT2D eigenvalue weighted by Gasteiger charge is -2.38. The first-order valence-electron chi connectivity index (χ1n) is 7.76. The fourth-order valence-electron chi connectivity index (χ4n) is 2.83. The molecule has 21 heavy (non-hydrogen) atoms. The molecule has 1 N–H and O–H groups in total. The predicted octanol–water partition coefficient (Wildman–Crippen LogP) is 2.75. The van der Waals surface area contributed by atoms with Gasteiger partial charge in [0.2, 0.25) is 0 Å². The molecular weight excluding hydrogens is 266 g/mol. The van der Waals surface area contributed by atoms with E-state index in [-0.39, 0.29) is 6.61 Å². The zero-order valence-electron chi connectivity index (χ0n) is 13.4. The Balaban J connectivity index is 2.15. The number of hydrogen-bond acceptors (Lipinski definition) is 4. The molecule has 0 radical (unpaired) electrons. The third kappa shape index (κ3) is 3.89. The molecule has 1 fully saturated rings. The molecule has 0 aliphatic heterocycles. The van der Waals surface area contributed by atoms with Crippen LogP contribution in [0.3, 0.4) is 0 Å². The predicted molar refractivity (Wildman–Crippen MR) is 84.0 cm³/mol. The van der Waals surface area contributed by atoms with Crippen molar-refractivity contribution in [1.29, 1.82) is 0 Å². The lowest BCUT2D eigenvalue weighted by molar-refractivity contribution is 0.109. The van der Waals surface area contributed by atoms with Crippen molar-refractivity contribution in [2.45, 2.75) is 45.2 Å². The zero-order chi connectivity index (χ0) is 15.2. The summed E-state index contributed by atoms with van der Waals surface area (Å²) in [6.07, 6.45) is 4.71. The van der Waals surface area contributed by atoms with Crippen LogP contribution in [0.5, 0.6) is 11.5 Å². The molecule has 2 rings (SSSR count). The zero-order valence-corrected chi connectivity index (χ0v) is 13.4. The number of aliphatic hydroxyl groups is 1. The summed E-state index contributed by atoms with van der Waals surface area (Å²) in [7, 11) is 3.34. The van der Waals surface area contributed by atoms with Crippen LogP contribution in [-0.4, -0.2) is 43.4 Å². The van der Waals surface area contributed by atoms with E-state index in [4.69, 9.17) is 14.6 Å². The van der Waals surface area contributed by atoms with Gasteiger partial charge in [-0.15, -0.1) is 0 Å². The van der Waals surface area contributed by atoms with E-state index in [0.29, 0.717) is 6.04 Å². The Morgan fingerprint density at radius 1 is 1.19 bits per heavy atom. The largest absolute Gasteiger partial charge is 0.493 e. The minimum absolute atomic E-state index is 0.258. The van der Waals surface area contributed by atoms with Crippen molar-refractivity contribution in [3.8, 4) is 11.5 Å². The molecule has 4 nitrogen and oxygen atoms in total. The van der Waals surface area contributed by atoms with Crippen LogP contribution in [-0.2, 0) is 6.54 Å². The maximum Gasteiger partial charge on any atom is 0.161 e. The summed E-state index contributed by atoms with van der Waals surface area (Å²) in [6, 6.07) is 4.79. The minimum Gasteiger partial charge on any atom is -0.493 e. The number of aliphatic hydroxyl groups excluding tert-OH is 1. The summed E-state index contributed by atoms with van der Waals surface area (Å²) >= 11 is 0. The van der Waals surface area contributed by atoms with E-state index < -0.39 is 0 Å². The first-order chi connectivity index (χ1) is 10.2. The molecule has 1 aliphatic carbocycles. The summed E-state index contributed by atoms with van der Waals surface area (Å²) in [5.41, 5.74) is 2.50. The second-order valence-electron chi connectivity index (χ2n) is 5.77. The quantitative estimate of drug-likeness (QED) is 0.800. The molecule has 0 unspecified atom stereocenters. The van der Waals surface area contributed by atoms with Gasteiger partial charge in [0.1, 0.15) is 0 Å². The summed E-state index contributed by atoms with van der Waals surface area (Å²) in [5, 5.41) is 9.10. The van der Waals surface area contributed by atoms with Gasteiger partial charge in [-0.3, -0.25) is 4.90 Å². The van der Waals surface area contributed by atoms with Gasteiger partial charge in [0.25, 0.3) is 0 Å². The van der Waals surface area contributed by atoms with Gasteiger partial charge in [-0.25, -0.2) is 0 Å². The van der Waals surface area contributed by atoms with E-state index in [1.165, 1.54) is 30.4 Å². The summed E-state index contributed by atoms with van der Waals surface area (Å²) in [4.78, 5) is 2.49. The van der Waals surface area contributed by atoms with Crippen molar-refractivity contribution in [3.05, 3.63) is 23.3 Å². The van der Waals surface area contributed by atoms with Crippen LogP contribution in [0.25, 0.3) is 0 Å². The van der Waals surface area contributed by atoms with Crippen LogP contribution in [0, 0.1) is 6.92 Å². The molecule has 1 aliphatic rings. The molecule has 0 saturated heterocycles. The maximum atomic E-state index is 9.10. The highest BCUT2D eigenvalue weighted by atomic mass is 16.5. The molecule has 0 spiro atoms. The third-order valence-corrected chi connectivity index (χ3v) is 4.41. The van der Waals surface area contributed by atoms with Crippen molar-refractivity contribution in [1.82, 2.24) is 4.90 Å². The number of methoxy groups -OCH3 is 2. The van der Waals surface area contributed by atoms with Crippen molar-refractivity contribution < 1.29 is 14.6 Å². The van der Waals surface area contributed by atoms with Crippen LogP contribution in [0.1, 0.15) is 36.8 Å². The van der Waals surface area contributed by atoms with Crippen LogP contribution >= 0.6 is 0 Å². The first-order valence-corrected chi connectivity index (χ1v) is 7.76. The monoisotopic (exact) mass is 293 g/mol.